The molecular formula is C16H27N5. The van der Waals surface area contributed by atoms with E-state index in [9.17, 15) is 0 Å². The van der Waals surface area contributed by atoms with Crippen molar-refractivity contribution in [2.75, 3.05) is 37.6 Å². The minimum Gasteiger partial charge on any atom is -0.384 e. The molecule has 2 heterocycles. The van der Waals surface area contributed by atoms with Gasteiger partial charge in [-0.2, -0.15) is 0 Å². The number of pyridine rings is 1. The molecule has 1 aromatic heterocycles. The second kappa shape index (κ2) is 6.43. The Morgan fingerprint density at radius 2 is 1.90 bits per heavy atom. The summed E-state index contributed by atoms with van der Waals surface area (Å²) < 4.78 is 0. The van der Waals surface area contributed by atoms with Crippen LogP contribution in [-0.2, 0) is 0 Å². The van der Waals surface area contributed by atoms with Crippen molar-refractivity contribution in [3.05, 3.63) is 22.9 Å². The highest BCUT2D eigenvalue weighted by molar-refractivity contribution is 6.01. The first-order valence-corrected chi connectivity index (χ1v) is 7.68. The molecule has 0 unspecified atom stereocenters. The molecule has 1 aliphatic rings. The molecule has 5 heteroatoms. The van der Waals surface area contributed by atoms with E-state index in [4.69, 9.17) is 11.1 Å². The van der Waals surface area contributed by atoms with Crippen molar-refractivity contribution < 1.29 is 0 Å². The maximum atomic E-state index is 7.84. The van der Waals surface area contributed by atoms with Crippen LogP contribution in [0, 0.1) is 25.2 Å². The van der Waals surface area contributed by atoms with Crippen LogP contribution in [0.5, 0.6) is 0 Å². The Balaban J connectivity index is 2.18. The summed E-state index contributed by atoms with van der Waals surface area (Å²) in [4.78, 5) is 9.42. The summed E-state index contributed by atoms with van der Waals surface area (Å²) in [6.45, 7) is 13.6. The Morgan fingerprint density at radius 1 is 1.29 bits per heavy atom. The van der Waals surface area contributed by atoms with Crippen LogP contribution in [0.2, 0.25) is 0 Å². The monoisotopic (exact) mass is 289 g/mol. The van der Waals surface area contributed by atoms with Crippen LogP contribution in [0.4, 0.5) is 5.82 Å². The van der Waals surface area contributed by atoms with Crippen LogP contribution in [-0.4, -0.2) is 48.4 Å². The molecule has 116 valence electrons. The maximum Gasteiger partial charge on any atom is 0.140 e. The Hall–Kier alpha value is -1.62. The highest BCUT2D eigenvalue weighted by Crippen LogP contribution is 2.23. The van der Waals surface area contributed by atoms with E-state index in [2.05, 4.69) is 28.6 Å². The zero-order chi connectivity index (χ0) is 15.6. The van der Waals surface area contributed by atoms with Gasteiger partial charge < -0.3 is 10.6 Å². The third kappa shape index (κ3) is 3.73. The van der Waals surface area contributed by atoms with E-state index in [1.54, 1.807) is 0 Å². The van der Waals surface area contributed by atoms with Gasteiger partial charge in [-0.3, -0.25) is 10.3 Å². The topological polar surface area (TPSA) is 69.2 Å². The van der Waals surface area contributed by atoms with Gasteiger partial charge in [-0.1, -0.05) is 13.8 Å². The number of nitrogens with one attached hydrogen (secondary N) is 1. The molecule has 0 spiro atoms. The quantitative estimate of drug-likeness (QED) is 0.654. The zero-order valence-electron chi connectivity index (χ0n) is 13.6. The van der Waals surface area contributed by atoms with Gasteiger partial charge in [0.05, 0.1) is 5.56 Å². The molecule has 5 nitrogen and oxygen atoms in total. The number of nitrogen functional groups attached to an aromatic ring is 1. The fraction of sp³-hybridized carbons (Fsp3) is 0.625. The molecule has 0 aromatic carbocycles. The van der Waals surface area contributed by atoms with Gasteiger partial charge in [-0.05, 0) is 31.4 Å². The third-order valence-electron chi connectivity index (χ3n) is 3.89. The number of anilines is 1. The maximum absolute atomic E-state index is 7.84. The van der Waals surface area contributed by atoms with Crippen molar-refractivity contribution in [3.8, 4) is 0 Å². The van der Waals surface area contributed by atoms with Crippen LogP contribution in [0.1, 0.15) is 30.7 Å². The lowest BCUT2D eigenvalue weighted by Crippen LogP contribution is -2.48. The van der Waals surface area contributed by atoms with Gasteiger partial charge in [-0.15, -0.1) is 0 Å². The van der Waals surface area contributed by atoms with Gasteiger partial charge in [0, 0.05) is 38.4 Å². The molecule has 1 saturated heterocycles. The minimum absolute atomic E-state index is 0.111. The summed E-state index contributed by atoms with van der Waals surface area (Å²) in [6, 6.07) is 2.00. The van der Waals surface area contributed by atoms with E-state index in [1.807, 2.05) is 19.9 Å². The van der Waals surface area contributed by atoms with E-state index in [1.165, 1.54) is 0 Å². The predicted molar refractivity (Wildman–Crippen MR) is 88.2 cm³/mol. The fourth-order valence-electron chi connectivity index (χ4n) is 3.04. The van der Waals surface area contributed by atoms with E-state index in [0.717, 1.165) is 55.4 Å². The average Bonchev–Trinajstić information content (AvgIpc) is 2.37. The Kier molecular flexibility index (Phi) is 4.83. The summed E-state index contributed by atoms with van der Waals surface area (Å²) in [5.74, 6) is 1.69. The first kappa shape index (κ1) is 15.8. The first-order valence-electron chi connectivity index (χ1n) is 7.68. The van der Waals surface area contributed by atoms with E-state index in [-0.39, 0.29) is 5.84 Å². The molecule has 3 N–H and O–H groups in total. The van der Waals surface area contributed by atoms with E-state index in [0.29, 0.717) is 5.92 Å². The summed E-state index contributed by atoms with van der Waals surface area (Å²) >= 11 is 0. The molecular weight excluding hydrogens is 262 g/mol. The summed E-state index contributed by atoms with van der Waals surface area (Å²) in [5.41, 5.74) is 8.58. The zero-order valence-corrected chi connectivity index (χ0v) is 13.6. The summed E-state index contributed by atoms with van der Waals surface area (Å²) in [6.07, 6.45) is 0. The van der Waals surface area contributed by atoms with Gasteiger partial charge >= 0.3 is 0 Å². The second-order valence-electron chi connectivity index (χ2n) is 6.37. The SMILES string of the molecule is Cc1cc(C)c(C(=N)N)c(N2CCN(CC(C)C)CC2)n1. The minimum atomic E-state index is 0.111. The first-order chi connectivity index (χ1) is 9.88. The Labute approximate surface area is 127 Å². The van der Waals surface area contributed by atoms with Crippen molar-refractivity contribution in [3.63, 3.8) is 0 Å². The van der Waals surface area contributed by atoms with E-state index < -0.39 is 0 Å². The van der Waals surface area contributed by atoms with Gasteiger partial charge in [0.2, 0.25) is 0 Å². The number of nitrogens with zero attached hydrogens (tertiary/aromatic N) is 3. The third-order valence-corrected chi connectivity index (χ3v) is 3.89. The smallest absolute Gasteiger partial charge is 0.140 e. The van der Waals surface area contributed by atoms with Gasteiger partial charge in [0.15, 0.2) is 0 Å². The van der Waals surface area contributed by atoms with Crippen molar-refractivity contribution >= 4 is 11.7 Å². The second-order valence-corrected chi connectivity index (χ2v) is 6.37. The highest BCUT2D eigenvalue weighted by Gasteiger charge is 2.22. The number of rotatable bonds is 4. The molecule has 2 rings (SSSR count). The lowest BCUT2D eigenvalue weighted by molar-refractivity contribution is 0.231. The number of aromatic nitrogens is 1. The number of piperazine rings is 1. The van der Waals surface area contributed by atoms with Gasteiger partial charge in [-0.25, -0.2) is 4.98 Å². The number of amidine groups is 1. The largest absolute Gasteiger partial charge is 0.384 e. The normalized spacial score (nSPS) is 16.5. The standard InChI is InChI=1S/C16H27N5/c1-11(2)10-20-5-7-21(8-6-20)16-14(15(17)18)12(3)9-13(4)19-16/h9,11H,5-8,10H2,1-4H3,(H3,17,18). The molecule has 0 saturated carbocycles. The van der Waals surface area contributed by atoms with Gasteiger partial charge in [0.25, 0.3) is 0 Å². The molecule has 1 aromatic rings. The molecule has 1 aliphatic heterocycles. The van der Waals surface area contributed by atoms with Crippen LogP contribution < -0.4 is 10.6 Å². The highest BCUT2D eigenvalue weighted by atomic mass is 15.3. The molecule has 0 bridgehead atoms. The van der Waals surface area contributed by atoms with Crippen molar-refractivity contribution in [1.82, 2.24) is 9.88 Å². The number of nitrogens with two attached hydrogens (primary N) is 1. The fourth-order valence-corrected chi connectivity index (χ4v) is 3.04. The predicted octanol–water partition coefficient (Wildman–Crippen LogP) is 1.76. The Morgan fingerprint density at radius 3 is 2.43 bits per heavy atom. The number of hydrogen-bond acceptors (Lipinski definition) is 4. The summed E-state index contributed by atoms with van der Waals surface area (Å²) in [5, 5.41) is 7.84. The molecule has 21 heavy (non-hydrogen) atoms. The van der Waals surface area contributed by atoms with Crippen LogP contribution in [0.25, 0.3) is 0 Å². The van der Waals surface area contributed by atoms with Crippen molar-refractivity contribution in [2.24, 2.45) is 11.7 Å². The molecule has 1 fully saturated rings. The van der Waals surface area contributed by atoms with Crippen LogP contribution in [0.15, 0.2) is 6.07 Å². The summed E-state index contributed by atoms with van der Waals surface area (Å²) in [7, 11) is 0. The number of aryl methyl sites for hydroxylation is 2. The molecule has 0 atom stereocenters. The molecule has 0 amide bonds. The lowest BCUT2D eigenvalue weighted by atomic mass is 10.1. The molecule has 0 aliphatic carbocycles. The lowest BCUT2D eigenvalue weighted by Gasteiger charge is -2.37. The Bertz CT molecular complexity index is 516. The molecule has 0 radical (unpaired) electrons. The average molecular weight is 289 g/mol. The number of hydrogen-bond donors (Lipinski definition) is 2. The van der Waals surface area contributed by atoms with Crippen molar-refractivity contribution in [2.45, 2.75) is 27.7 Å². The van der Waals surface area contributed by atoms with Gasteiger partial charge in [0.1, 0.15) is 11.7 Å². The van der Waals surface area contributed by atoms with Crippen LogP contribution in [0.3, 0.4) is 0 Å². The van der Waals surface area contributed by atoms with Crippen LogP contribution >= 0.6 is 0 Å². The van der Waals surface area contributed by atoms with E-state index >= 15 is 0 Å². The van der Waals surface area contributed by atoms with Crippen molar-refractivity contribution in [1.29, 1.82) is 5.41 Å².